The van der Waals surface area contributed by atoms with Crippen molar-refractivity contribution in [2.24, 2.45) is 5.73 Å². The summed E-state index contributed by atoms with van der Waals surface area (Å²) in [6.07, 6.45) is 0. The number of benzene rings is 1. The molecule has 0 aliphatic heterocycles. The summed E-state index contributed by atoms with van der Waals surface area (Å²) in [5.74, 6) is 0.855. The Morgan fingerprint density at radius 2 is 1.81 bits per heavy atom. The molecule has 0 amide bonds. The molecule has 0 saturated carbocycles. The van der Waals surface area contributed by atoms with Crippen LogP contribution in [0.5, 0.6) is 0 Å². The van der Waals surface area contributed by atoms with E-state index in [9.17, 15) is 0 Å². The molecule has 1 aromatic carbocycles. The smallest absolute Gasteiger partial charge is 0.141 e. The lowest BCUT2D eigenvalue weighted by molar-refractivity contribution is 0.393. The van der Waals surface area contributed by atoms with E-state index in [0.29, 0.717) is 6.54 Å². The van der Waals surface area contributed by atoms with Crippen LogP contribution in [0.4, 0.5) is 0 Å². The predicted molar refractivity (Wildman–Crippen MR) is 66.6 cm³/mol. The normalized spacial score (nSPS) is 9.94. The fraction of sp³-hybridized carbons (Fsp3) is 0.250. The van der Waals surface area contributed by atoms with Gasteiger partial charge in [-0.3, -0.25) is 0 Å². The van der Waals surface area contributed by atoms with Crippen molar-refractivity contribution in [1.82, 2.24) is 5.16 Å². The lowest BCUT2D eigenvalue weighted by atomic mass is 10.0. The lowest BCUT2D eigenvalue weighted by Crippen LogP contribution is -1.95. The van der Waals surface area contributed by atoms with E-state index in [1.54, 1.807) is 0 Å². The van der Waals surface area contributed by atoms with Gasteiger partial charge in [-0.1, -0.05) is 29.4 Å². The highest BCUT2D eigenvalue weighted by Crippen LogP contribution is 2.26. The van der Waals surface area contributed by atoms with Gasteiger partial charge in [-0.05, 0) is 25.0 Å². The first-order valence-corrected chi connectivity index (χ1v) is 4.94. The van der Waals surface area contributed by atoms with Gasteiger partial charge in [0.15, 0.2) is 0 Å². The van der Waals surface area contributed by atoms with E-state index < -0.39 is 0 Å². The molecule has 0 bridgehead atoms. The quantitative estimate of drug-likeness (QED) is 0.875. The highest BCUT2D eigenvalue weighted by atomic mass is 35.5. The van der Waals surface area contributed by atoms with Crippen LogP contribution < -0.4 is 5.73 Å². The van der Waals surface area contributed by atoms with Crippen molar-refractivity contribution in [2.75, 3.05) is 0 Å². The van der Waals surface area contributed by atoms with Crippen LogP contribution in [0, 0.1) is 13.8 Å². The van der Waals surface area contributed by atoms with E-state index in [4.69, 9.17) is 10.3 Å². The number of hydrogen-bond acceptors (Lipinski definition) is 3. The molecule has 0 spiro atoms. The van der Waals surface area contributed by atoms with E-state index in [0.717, 1.165) is 28.1 Å². The molecule has 2 aromatic rings. The second kappa shape index (κ2) is 5.14. The van der Waals surface area contributed by atoms with Crippen LogP contribution in [0.2, 0.25) is 0 Å². The van der Waals surface area contributed by atoms with E-state index in [1.807, 2.05) is 26.0 Å². The van der Waals surface area contributed by atoms with Crippen molar-refractivity contribution >= 4 is 12.4 Å². The zero-order chi connectivity index (χ0) is 10.8. The van der Waals surface area contributed by atoms with E-state index in [2.05, 4.69) is 17.3 Å². The predicted octanol–water partition coefficient (Wildman–Crippen LogP) is 2.84. The molecule has 86 valence electrons. The van der Waals surface area contributed by atoms with Crippen LogP contribution in [-0.4, -0.2) is 5.16 Å². The summed E-state index contributed by atoms with van der Waals surface area (Å²) < 4.78 is 5.13. The van der Waals surface area contributed by atoms with E-state index in [-0.39, 0.29) is 12.4 Å². The van der Waals surface area contributed by atoms with Crippen LogP contribution in [0.1, 0.15) is 17.0 Å². The third kappa shape index (κ3) is 2.26. The van der Waals surface area contributed by atoms with Gasteiger partial charge in [-0.2, -0.15) is 0 Å². The summed E-state index contributed by atoms with van der Waals surface area (Å²) in [4.78, 5) is 0. The highest BCUT2D eigenvalue weighted by molar-refractivity contribution is 5.85. The van der Waals surface area contributed by atoms with Gasteiger partial charge in [0.2, 0.25) is 0 Å². The molecule has 0 aliphatic rings. The number of halogens is 1. The van der Waals surface area contributed by atoms with Gasteiger partial charge in [0, 0.05) is 12.1 Å². The van der Waals surface area contributed by atoms with Gasteiger partial charge in [0.25, 0.3) is 0 Å². The number of aryl methyl sites for hydroxylation is 2. The van der Waals surface area contributed by atoms with Crippen molar-refractivity contribution in [1.29, 1.82) is 0 Å². The molecule has 16 heavy (non-hydrogen) atoms. The zero-order valence-corrected chi connectivity index (χ0v) is 10.2. The average molecular weight is 239 g/mol. The molecule has 0 radical (unpaired) electrons. The Labute approximate surface area is 101 Å². The van der Waals surface area contributed by atoms with Crippen molar-refractivity contribution < 1.29 is 4.52 Å². The maximum Gasteiger partial charge on any atom is 0.141 e. The molecular weight excluding hydrogens is 224 g/mol. The van der Waals surface area contributed by atoms with Crippen molar-refractivity contribution in [3.8, 4) is 11.1 Å². The summed E-state index contributed by atoms with van der Waals surface area (Å²) in [7, 11) is 0. The van der Waals surface area contributed by atoms with Gasteiger partial charge in [-0.25, -0.2) is 0 Å². The minimum Gasteiger partial charge on any atom is -0.361 e. The third-order valence-electron chi connectivity index (χ3n) is 2.51. The standard InChI is InChI=1S/C12H14N2O.ClH/c1-8-12(9(2)15-14-8)11-5-3-10(7-13)4-6-11;/h3-6H,7,13H2,1-2H3;1H. The second-order valence-corrected chi connectivity index (χ2v) is 3.60. The molecule has 2 rings (SSSR count). The van der Waals surface area contributed by atoms with Crippen molar-refractivity contribution in [2.45, 2.75) is 20.4 Å². The van der Waals surface area contributed by atoms with Gasteiger partial charge >= 0.3 is 0 Å². The largest absolute Gasteiger partial charge is 0.361 e. The maximum absolute atomic E-state index is 5.55. The Morgan fingerprint density at radius 1 is 1.19 bits per heavy atom. The second-order valence-electron chi connectivity index (χ2n) is 3.60. The lowest BCUT2D eigenvalue weighted by Gasteiger charge is -2.01. The third-order valence-corrected chi connectivity index (χ3v) is 2.51. The fourth-order valence-electron chi connectivity index (χ4n) is 1.70. The minimum atomic E-state index is 0. The first kappa shape index (κ1) is 12.7. The topological polar surface area (TPSA) is 52.0 Å². The molecular formula is C12H15ClN2O. The number of aromatic nitrogens is 1. The Hall–Kier alpha value is -1.32. The Bertz CT molecular complexity index is 443. The van der Waals surface area contributed by atoms with Crippen LogP contribution in [0.15, 0.2) is 28.8 Å². The summed E-state index contributed by atoms with van der Waals surface area (Å²) in [6, 6.07) is 8.16. The molecule has 1 heterocycles. The van der Waals surface area contributed by atoms with Crippen LogP contribution in [0.25, 0.3) is 11.1 Å². The number of rotatable bonds is 2. The Balaban J connectivity index is 0.00000128. The highest BCUT2D eigenvalue weighted by Gasteiger charge is 2.10. The Kier molecular flexibility index (Phi) is 4.10. The van der Waals surface area contributed by atoms with Crippen LogP contribution >= 0.6 is 12.4 Å². The number of hydrogen-bond donors (Lipinski definition) is 1. The molecule has 4 heteroatoms. The van der Waals surface area contributed by atoms with Gasteiger partial charge < -0.3 is 10.3 Å². The number of nitrogens with zero attached hydrogens (tertiary/aromatic N) is 1. The minimum absolute atomic E-state index is 0. The molecule has 1 aromatic heterocycles. The van der Waals surface area contributed by atoms with Crippen LogP contribution in [-0.2, 0) is 6.54 Å². The summed E-state index contributed by atoms with van der Waals surface area (Å²) in [5.41, 5.74) is 9.81. The molecule has 0 saturated heterocycles. The van der Waals surface area contributed by atoms with Crippen molar-refractivity contribution in [3.05, 3.63) is 41.3 Å². The first-order valence-electron chi connectivity index (χ1n) is 4.94. The summed E-state index contributed by atoms with van der Waals surface area (Å²) in [5, 5.41) is 3.94. The van der Waals surface area contributed by atoms with Gasteiger partial charge in [0.05, 0.1) is 5.69 Å². The Morgan fingerprint density at radius 3 is 2.25 bits per heavy atom. The van der Waals surface area contributed by atoms with Gasteiger partial charge in [-0.15, -0.1) is 12.4 Å². The van der Waals surface area contributed by atoms with E-state index in [1.165, 1.54) is 0 Å². The molecule has 0 unspecified atom stereocenters. The summed E-state index contributed by atoms with van der Waals surface area (Å²) in [6.45, 7) is 4.44. The fourth-order valence-corrected chi connectivity index (χ4v) is 1.70. The molecule has 3 nitrogen and oxygen atoms in total. The van der Waals surface area contributed by atoms with Crippen molar-refractivity contribution in [3.63, 3.8) is 0 Å². The number of nitrogens with two attached hydrogens (primary N) is 1. The van der Waals surface area contributed by atoms with E-state index >= 15 is 0 Å². The molecule has 0 aliphatic carbocycles. The zero-order valence-electron chi connectivity index (χ0n) is 9.36. The molecule has 0 fully saturated rings. The monoisotopic (exact) mass is 238 g/mol. The molecule has 0 atom stereocenters. The van der Waals surface area contributed by atoms with Crippen LogP contribution in [0.3, 0.4) is 0 Å². The average Bonchev–Trinajstić information content (AvgIpc) is 2.59. The molecule has 2 N–H and O–H groups in total. The maximum atomic E-state index is 5.55. The SMILES string of the molecule is Cc1noc(C)c1-c1ccc(CN)cc1.Cl. The first-order chi connectivity index (χ1) is 7.22. The van der Waals surface area contributed by atoms with Gasteiger partial charge in [0.1, 0.15) is 5.76 Å². The summed E-state index contributed by atoms with van der Waals surface area (Å²) >= 11 is 0.